The SMILES string of the molecule is NNCc1cc(O)cc(I)c1. The highest BCUT2D eigenvalue weighted by atomic mass is 127. The summed E-state index contributed by atoms with van der Waals surface area (Å²) in [6.45, 7) is 0.574. The summed E-state index contributed by atoms with van der Waals surface area (Å²) < 4.78 is 1.01. The van der Waals surface area contributed by atoms with Crippen LogP contribution in [0.15, 0.2) is 18.2 Å². The van der Waals surface area contributed by atoms with E-state index in [1.807, 2.05) is 6.07 Å². The molecule has 0 aromatic heterocycles. The van der Waals surface area contributed by atoms with Crippen molar-refractivity contribution in [1.29, 1.82) is 0 Å². The number of nitrogens with two attached hydrogens (primary N) is 1. The second kappa shape index (κ2) is 3.89. The molecule has 1 aromatic rings. The standard InChI is InChI=1S/C7H9IN2O/c8-6-1-5(4-10-9)2-7(11)3-6/h1-3,10-11H,4,9H2. The van der Waals surface area contributed by atoms with Crippen molar-refractivity contribution in [1.82, 2.24) is 5.43 Å². The monoisotopic (exact) mass is 264 g/mol. The zero-order chi connectivity index (χ0) is 8.27. The van der Waals surface area contributed by atoms with Crippen molar-refractivity contribution in [2.24, 2.45) is 5.84 Å². The van der Waals surface area contributed by atoms with E-state index in [-0.39, 0.29) is 5.75 Å². The maximum atomic E-state index is 9.15. The summed E-state index contributed by atoms with van der Waals surface area (Å²) >= 11 is 2.14. The van der Waals surface area contributed by atoms with E-state index in [0.29, 0.717) is 6.54 Å². The summed E-state index contributed by atoms with van der Waals surface area (Å²) in [5, 5.41) is 9.15. The van der Waals surface area contributed by atoms with E-state index < -0.39 is 0 Å². The van der Waals surface area contributed by atoms with Crippen LogP contribution in [0.3, 0.4) is 0 Å². The molecule has 4 N–H and O–H groups in total. The average molecular weight is 264 g/mol. The van der Waals surface area contributed by atoms with Crippen molar-refractivity contribution in [3.05, 3.63) is 27.3 Å². The van der Waals surface area contributed by atoms with Gasteiger partial charge < -0.3 is 5.11 Å². The minimum absolute atomic E-state index is 0.280. The number of aromatic hydroxyl groups is 1. The third-order valence-corrected chi connectivity index (χ3v) is 1.87. The van der Waals surface area contributed by atoms with E-state index in [2.05, 4.69) is 28.0 Å². The highest BCUT2D eigenvalue weighted by Gasteiger charge is 1.95. The average Bonchev–Trinajstić information content (AvgIpc) is 1.85. The Morgan fingerprint density at radius 2 is 2.18 bits per heavy atom. The van der Waals surface area contributed by atoms with Crippen molar-refractivity contribution in [3.63, 3.8) is 0 Å². The first kappa shape index (κ1) is 8.76. The molecule has 0 unspecified atom stereocenters. The first-order chi connectivity index (χ1) is 5.22. The van der Waals surface area contributed by atoms with E-state index in [1.165, 1.54) is 0 Å². The van der Waals surface area contributed by atoms with Gasteiger partial charge in [-0.1, -0.05) is 0 Å². The van der Waals surface area contributed by atoms with E-state index in [0.717, 1.165) is 9.13 Å². The van der Waals surface area contributed by atoms with Crippen molar-refractivity contribution in [3.8, 4) is 5.75 Å². The van der Waals surface area contributed by atoms with Gasteiger partial charge in [0.1, 0.15) is 5.75 Å². The molecule has 1 aromatic carbocycles. The molecule has 0 atom stereocenters. The Morgan fingerprint density at radius 3 is 2.73 bits per heavy atom. The molecule has 0 aliphatic rings. The summed E-state index contributed by atoms with van der Waals surface area (Å²) in [5.41, 5.74) is 3.51. The van der Waals surface area contributed by atoms with Crippen molar-refractivity contribution < 1.29 is 5.11 Å². The van der Waals surface area contributed by atoms with Crippen LogP contribution in [0.2, 0.25) is 0 Å². The maximum Gasteiger partial charge on any atom is 0.116 e. The first-order valence-electron chi connectivity index (χ1n) is 3.14. The molecule has 3 nitrogen and oxygen atoms in total. The van der Waals surface area contributed by atoms with Crippen molar-refractivity contribution in [2.75, 3.05) is 0 Å². The van der Waals surface area contributed by atoms with Crippen LogP contribution in [0, 0.1) is 3.57 Å². The molecule has 11 heavy (non-hydrogen) atoms. The number of phenolic OH excluding ortho intramolecular Hbond substituents is 1. The van der Waals surface area contributed by atoms with Gasteiger partial charge in [0.25, 0.3) is 0 Å². The number of phenols is 1. The van der Waals surface area contributed by atoms with Crippen LogP contribution in [-0.4, -0.2) is 5.11 Å². The minimum Gasteiger partial charge on any atom is -0.508 e. The number of hydrazine groups is 1. The summed E-state index contributed by atoms with van der Waals surface area (Å²) in [6, 6.07) is 5.34. The zero-order valence-electron chi connectivity index (χ0n) is 5.84. The number of nitrogens with one attached hydrogen (secondary N) is 1. The lowest BCUT2D eigenvalue weighted by Crippen LogP contribution is -2.20. The molecule has 0 aliphatic carbocycles. The number of hydrogen-bond donors (Lipinski definition) is 3. The number of rotatable bonds is 2. The smallest absolute Gasteiger partial charge is 0.116 e. The second-order valence-corrected chi connectivity index (χ2v) is 3.44. The molecule has 0 heterocycles. The lowest BCUT2D eigenvalue weighted by atomic mass is 10.2. The van der Waals surface area contributed by atoms with Crippen LogP contribution in [0.1, 0.15) is 5.56 Å². The van der Waals surface area contributed by atoms with Gasteiger partial charge in [-0.3, -0.25) is 11.3 Å². The molecule has 0 saturated heterocycles. The largest absolute Gasteiger partial charge is 0.508 e. The van der Waals surface area contributed by atoms with Gasteiger partial charge in [0, 0.05) is 10.1 Å². The van der Waals surface area contributed by atoms with Crippen LogP contribution >= 0.6 is 22.6 Å². The predicted octanol–water partition coefficient (Wildman–Crippen LogP) is 0.960. The fraction of sp³-hybridized carbons (Fsp3) is 0.143. The summed E-state index contributed by atoms with van der Waals surface area (Å²) in [6.07, 6.45) is 0. The van der Waals surface area contributed by atoms with Crippen LogP contribution in [0.4, 0.5) is 0 Å². The molecule has 0 fully saturated rings. The molecule has 0 spiro atoms. The van der Waals surface area contributed by atoms with Crippen LogP contribution in [0.5, 0.6) is 5.75 Å². The van der Waals surface area contributed by atoms with Gasteiger partial charge in [-0.2, -0.15) is 0 Å². The molecule has 0 amide bonds. The first-order valence-corrected chi connectivity index (χ1v) is 4.22. The van der Waals surface area contributed by atoms with Crippen LogP contribution in [-0.2, 0) is 6.54 Å². The Bertz CT molecular complexity index is 232. The summed E-state index contributed by atoms with van der Waals surface area (Å²) in [7, 11) is 0. The van der Waals surface area contributed by atoms with E-state index in [4.69, 9.17) is 10.9 Å². The molecule has 60 valence electrons. The van der Waals surface area contributed by atoms with Gasteiger partial charge in [-0.25, -0.2) is 0 Å². The Labute approximate surface area is 78.7 Å². The van der Waals surface area contributed by atoms with Gasteiger partial charge in [0.15, 0.2) is 0 Å². The molecule has 0 aliphatic heterocycles. The van der Waals surface area contributed by atoms with Crippen LogP contribution < -0.4 is 11.3 Å². The van der Waals surface area contributed by atoms with E-state index in [1.54, 1.807) is 12.1 Å². The second-order valence-electron chi connectivity index (χ2n) is 2.20. The fourth-order valence-electron chi connectivity index (χ4n) is 0.853. The summed E-state index contributed by atoms with van der Waals surface area (Å²) in [5.74, 6) is 5.41. The van der Waals surface area contributed by atoms with Gasteiger partial charge >= 0.3 is 0 Å². The van der Waals surface area contributed by atoms with Crippen LogP contribution in [0.25, 0.3) is 0 Å². The van der Waals surface area contributed by atoms with Gasteiger partial charge in [-0.05, 0) is 46.4 Å². The van der Waals surface area contributed by atoms with E-state index in [9.17, 15) is 0 Å². The number of halogens is 1. The lowest BCUT2D eigenvalue weighted by Gasteiger charge is -2.01. The van der Waals surface area contributed by atoms with Gasteiger partial charge in [0.2, 0.25) is 0 Å². The third kappa shape index (κ3) is 2.64. The zero-order valence-corrected chi connectivity index (χ0v) is 8.00. The molecule has 0 saturated carbocycles. The molecule has 0 bridgehead atoms. The van der Waals surface area contributed by atoms with Crippen molar-refractivity contribution in [2.45, 2.75) is 6.54 Å². The maximum absolute atomic E-state index is 9.15. The normalized spacial score (nSPS) is 10.0. The van der Waals surface area contributed by atoms with E-state index >= 15 is 0 Å². The highest BCUT2D eigenvalue weighted by Crippen LogP contribution is 2.16. The molecule has 4 heteroatoms. The molecular weight excluding hydrogens is 255 g/mol. The fourth-order valence-corrected chi connectivity index (χ4v) is 1.57. The Kier molecular flexibility index (Phi) is 3.10. The Hall–Kier alpha value is -0.330. The lowest BCUT2D eigenvalue weighted by molar-refractivity contribution is 0.473. The molecular formula is C7H9IN2O. The Balaban J connectivity index is 2.89. The topological polar surface area (TPSA) is 58.3 Å². The summed E-state index contributed by atoms with van der Waals surface area (Å²) in [4.78, 5) is 0. The highest BCUT2D eigenvalue weighted by molar-refractivity contribution is 14.1. The number of hydrogen-bond acceptors (Lipinski definition) is 3. The minimum atomic E-state index is 0.280. The molecule has 1 rings (SSSR count). The quantitative estimate of drug-likeness (QED) is 0.423. The molecule has 0 radical (unpaired) electrons. The van der Waals surface area contributed by atoms with Crippen molar-refractivity contribution >= 4 is 22.6 Å². The van der Waals surface area contributed by atoms with Gasteiger partial charge in [0.05, 0.1) is 0 Å². The number of benzene rings is 1. The van der Waals surface area contributed by atoms with Gasteiger partial charge in [-0.15, -0.1) is 0 Å². The third-order valence-electron chi connectivity index (χ3n) is 1.25. The Morgan fingerprint density at radius 1 is 1.45 bits per heavy atom. The predicted molar refractivity (Wildman–Crippen MR) is 51.9 cm³/mol.